The van der Waals surface area contributed by atoms with Gasteiger partial charge in [0.1, 0.15) is 24.1 Å². The number of nitro groups is 1. The molecular formula is C15H18FNO6. The molecule has 2 aliphatic rings. The molecule has 0 spiro atoms. The van der Waals surface area contributed by atoms with Crippen LogP contribution in [0.1, 0.15) is 13.8 Å². The lowest BCUT2D eigenvalue weighted by molar-refractivity contribution is -0.386. The maximum absolute atomic E-state index is 13.4. The normalized spacial score (nSPS) is 29.7. The lowest BCUT2D eigenvalue weighted by atomic mass is 10.1. The molecule has 1 aromatic rings. The van der Waals surface area contributed by atoms with Gasteiger partial charge >= 0.3 is 5.69 Å². The molecule has 2 fully saturated rings. The SMILES string of the molecule is CC(C)OC1COC2C(Oc3cc(F)ccc3[N+](=O)[O-])COC12. The van der Waals surface area contributed by atoms with Crippen molar-refractivity contribution in [2.24, 2.45) is 0 Å². The van der Waals surface area contributed by atoms with Gasteiger partial charge in [-0.25, -0.2) is 4.39 Å². The van der Waals surface area contributed by atoms with E-state index in [1.54, 1.807) is 0 Å². The lowest BCUT2D eigenvalue weighted by Crippen LogP contribution is -2.36. The number of rotatable bonds is 5. The third kappa shape index (κ3) is 3.29. The van der Waals surface area contributed by atoms with Crippen LogP contribution in [0.3, 0.4) is 0 Å². The van der Waals surface area contributed by atoms with Crippen LogP contribution < -0.4 is 4.74 Å². The van der Waals surface area contributed by atoms with Crippen LogP contribution in [-0.2, 0) is 14.2 Å². The van der Waals surface area contributed by atoms with E-state index in [0.717, 1.165) is 18.2 Å². The maximum atomic E-state index is 13.4. The van der Waals surface area contributed by atoms with Crippen molar-refractivity contribution in [2.75, 3.05) is 13.2 Å². The average molecular weight is 327 g/mol. The standard InChI is InChI=1S/C15H18FNO6/c1-8(2)22-12-6-20-15-13(7-21-14(12)15)23-11-5-9(16)3-4-10(11)17(18)19/h3-5,8,12-15H,6-7H2,1-2H3. The highest BCUT2D eigenvalue weighted by Gasteiger charge is 2.50. The van der Waals surface area contributed by atoms with Crippen LogP contribution in [-0.4, -0.2) is 48.7 Å². The highest BCUT2D eigenvalue weighted by atomic mass is 19.1. The summed E-state index contributed by atoms with van der Waals surface area (Å²) in [6.45, 7) is 4.43. The zero-order valence-electron chi connectivity index (χ0n) is 12.8. The van der Waals surface area contributed by atoms with Crippen LogP contribution in [0.25, 0.3) is 0 Å². The summed E-state index contributed by atoms with van der Waals surface area (Å²) in [6.07, 6.45) is -1.37. The Morgan fingerprint density at radius 2 is 1.91 bits per heavy atom. The third-order valence-corrected chi connectivity index (χ3v) is 3.81. The predicted molar refractivity (Wildman–Crippen MR) is 77.0 cm³/mol. The molecule has 23 heavy (non-hydrogen) atoms. The predicted octanol–water partition coefficient (Wildman–Crippen LogP) is 2.07. The van der Waals surface area contributed by atoms with Crippen LogP contribution in [0, 0.1) is 15.9 Å². The first-order valence-corrected chi connectivity index (χ1v) is 7.45. The van der Waals surface area contributed by atoms with Crippen molar-refractivity contribution in [3.63, 3.8) is 0 Å². The second-order valence-electron chi connectivity index (χ2n) is 5.84. The van der Waals surface area contributed by atoms with Crippen molar-refractivity contribution in [3.05, 3.63) is 34.1 Å². The zero-order chi connectivity index (χ0) is 16.6. The second-order valence-corrected chi connectivity index (χ2v) is 5.84. The van der Waals surface area contributed by atoms with Crippen LogP contribution in [0.2, 0.25) is 0 Å². The van der Waals surface area contributed by atoms with Gasteiger partial charge in [-0.2, -0.15) is 0 Å². The molecule has 0 amide bonds. The van der Waals surface area contributed by atoms with E-state index in [9.17, 15) is 14.5 Å². The molecule has 0 aromatic heterocycles. The summed E-state index contributed by atoms with van der Waals surface area (Å²) < 4.78 is 36.1. The van der Waals surface area contributed by atoms with E-state index >= 15 is 0 Å². The molecule has 3 rings (SSSR count). The molecule has 7 nitrogen and oxygen atoms in total. The minimum absolute atomic E-state index is 0.0372. The highest BCUT2D eigenvalue weighted by Crippen LogP contribution is 2.35. The Balaban J connectivity index is 1.73. The molecule has 0 bridgehead atoms. The number of halogens is 1. The Kier molecular flexibility index (Phi) is 4.47. The Hall–Kier alpha value is -1.77. The third-order valence-electron chi connectivity index (χ3n) is 3.81. The second kappa shape index (κ2) is 6.38. The van der Waals surface area contributed by atoms with E-state index in [1.807, 2.05) is 13.8 Å². The fourth-order valence-corrected chi connectivity index (χ4v) is 2.89. The Labute approximate surface area is 132 Å². The summed E-state index contributed by atoms with van der Waals surface area (Å²) in [5, 5.41) is 11.0. The van der Waals surface area contributed by atoms with Crippen molar-refractivity contribution >= 4 is 5.69 Å². The molecule has 0 radical (unpaired) electrons. The van der Waals surface area contributed by atoms with Gasteiger partial charge in [-0.3, -0.25) is 10.1 Å². The van der Waals surface area contributed by atoms with Gasteiger partial charge in [-0.05, 0) is 19.9 Å². The van der Waals surface area contributed by atoms with Gasteiger partial charge in [-0.15, -0.1) is 0 Å². The number of hydrogen-bond donors (Lipinski definition) is 0. The molecule has 2 aliphatic heterocycles. The minimum Gasteiger partial charge on any atom is -0.478 e. The van der Waals surface area contributed by atoms with E-state index < -0.39 is 16.8 Å². The fourth-order valence-electron chi connectivity index (χ4n) is 2.89. The number of benzene rings is 1. The smallest absolute Gasteiger partial charge is 0.311 e. The van der Waals surface area contributed by atoms with Crippen LogP contribution in [0.4, 0.5) is 10.1 Å². The summed E-state index contributed by atoms with van der Waals surface area (Å²) >= 11 is 0. The van der Waals surface area contributed by atoms with E-state index in [2.05, 4.69) is 0 Å². The molecule has 8 heteroatoms. The Morgan fingerprint density at radius 3 is 2.57 bits per heavy atom. The number of hydrogen-bond acceptors (Lipinski definition) is 6. The zero-order valence-corrected chi connectivity index (χ0v) is 12.8. The number of nitro benzene ring substituents is 1. The van der Waals surface area contributed by atoms with Crippen molar-refractivity contribution in [1.82, 2.24) is 0 Å². The van der Waals surface area contributed by atoms with Gasteiger partial charge in [-0.1, -0.05) is 0 Å². The quantitative estimate of drug-likeness (QED) is 0.608. The van der Waals surface area contributed by atoms with Gasteiger partial charge in [0.05, 0.1) is 24.2 Å². The molecule has 0 saturated carbocycles. The lowest BCUT2D eigenvalue weighted by Gasteiger charge is -2.19. The van der Waals surface area contributed by atoms with Crippen molar-refractivity contribution in [2.45, 2.75) is 44.4 Å². The van der Waals surface area contributed by atoms with E-state index in [4.69, 9.17) is 18.9 Å². The molecule has 1 aromatic carbocycles. The van der Waals surface area contributed by atoms with Gasteiger partial charge in [0, 0.05) is 12.1 Å². The first kappa shape index (κ1) is 16.1. The Bertz CT molecular complexity index is 595. The minimum atomic E-state index is -0.609. The first-order chi connectivity index (χ1) is 11.0. The van der Waals surface area contributed by atoms with Crippen molar-refractivity contribution in [1.29, 1.82) is 0 Å². The maximum Gasteiger partial charge on any atom is 0.311 e. The monoisotopic (exact) mass is 327 g/mol. The van der Waals surface area contributed by atoms with Crippen LogP contribution in [0.15, 0.2) is 18.2 Å². The molecular weight excluding hydrogens is 309 g/mol. The summed E-state index contributed by atoms with van der Waals surface area (Å²) in [4.78, 5) is 10.4. The molecule has 126 valence electrons. The summed E-state index contributed by atoms with van der Waals surface area (Å²) in [6, 6.07) is 3.11. The highest BCUT2D eigenvalue weighted by molar-refractivity contribution is 5.46. The Morgan fingerprint density at radius 1 is 1.26 bits per heavy atom. The van der Waals surface area contributed by atoms with E-state index in [1.165, 1.54) is 0 Å². The topological polar surface area (TPSA) is 80.1 Å². The molecule has 4 unspecified atom stereocenters. The number of fused-ring (bicyclic) bond motifs is 1. The number of ether oxygens (including phenoxy) is 4. The first-order valence-electron chi connectivity index (χ1n) is 7.45. The van der Waals surface area contributed by atoms with Crippen LogP contribution in [0.5, 0.6) is 5.75 Å². The van der Waals surface area contributed by atoms with Gasteiger partial charge in [0.25, 0.3) is 0 Å². The van der Waals surface area contributed by atoms with Crippen molar-refractivity contribution < 1.29 is 28.3 Å². The van der Waals surface area contributed by atoms with Gasteiger partial charge < -0.3 is 18.9 Å². The largest absolute Gasteiger partial charge is 0.478 e. The summed E-state index contributed by atoms with van der Waals surface area (Å²) in [7, 11) is 0. The van der Waals surface area contributed by atoms with E-state index in [0.29, 0.717) is 6.61 Å². The molecule has 0 N–H and O–H groups in total. The summed E-state index contributed by atoms with van der Waals surface area (Å²) in [5.74, 6) is -0.726. The van der Waals surface area contributed by atoms with Gasteiger partial charge in [0.2, 0.25) is 0 Å². The van der Waals surface area contributed by atoms with Gasteiger partial charge in [0.15, 0.2) is 11.9 Å². The van der Waals surface area contributed by atoms with Crippen LogP contribution >= 0.6 is 0 Å². The van der Waals surface area contributed by atoms with E-state index in [-0.39, 0.29) is 42.5 Å². The molecule has 4 atom stereocenters. The molecule has 2 saturated heterocycles. The summed E-state index contributed by atoms with van der Waals surface area (Å²) in [5.41, 5.74) is -0.289. The molecule has 0 aliphatic carbocycles. The van der Waals surface area contributed by atoms with Crippen molar-refractivity contribution in [3.8, 4) is 5.75 Å². The average Bonchev–Trinajstić information content (AvgIpc) is 3.02. The molecule has 2 heterocycles. The fraction of sp³-hybridized carbons (Fsp3) is 0.600. The number of nitrogens with zero attached hydrogens (tertiary/aromatic N) is 1.